The molecule has 0 amide bonds. The van der Waals surface area contributed by atoms with Crippen LogP contribution in [0.1, 0.15) is 82.4 Å². The SMILES string of the molecule is CCCCCCCc1ccc(NS(=O)(=O)c2ccc3c(c2)CCN(CC(CC)CC)C3)c(F)c1. The Bertz CT molecular complexity index is 1030. The van der Waals surface area contributed by atoms with Crippen molar-refractivity contribution in [1.29, 1.82) is 0 Å². The van der Waals surface area contributed by atoms with Crippen molar-refractivity contribution in [2.45, 2.75) is 90.0 Å². The number of halogens is 1. The van der Waals surface area contributed by atoms with Gasteiger partial charge in [0.2, 0.25) is 0 Å². The first-order chi connectivity index (χ1) is 16.4. The zero-order chi connectivity index (χ0) is 24.6. The fourth-order valence-corrected chi connectivity index (χ4v) is 5.87. The molecule has 6 heteroatoms. The van der Waals surface area contributed by atoms with E-state index in [1.807, 2.05) is 12.1 Å². The van der Waals surface area contributed by atoms with Crippen LogP contribution in [0, 0.1) is 11.7 Å². The minimum Gasteiger partial charge on any atom is -0.298 e. The fourth-order valence-electron chi connectivity index (χ4n) is 4.76. The molecule has 0 bridgehead atoms. The van der Waals surface area contributed by atoms with Gasteiger partial charge in [-0.15, -0.1) is 0 Å². The maximum atomic E-state index is 14.7. The number of sulfonamides is 1. The molecule has 0 fully saturated rings. The van der Waals surface area contributed by atoms with Crippen molar-refractivity contribution >= 4 is 15.7 Å². The van der Waals surface area contributed by atoms with Crippen molar-refractivity contribution in [3.05, 3.63) is 58.9 Å². The highest BCUT2D eigenvalue weighted by atomic mass is 32.2. The average molecular weight is 489 g/mol. The van der Waals surface area contributed by atoms with E-state index in [-0.39, 0.29) is 10.6 Å². The van der Waals surface area contributed by atoms with Crippen LogP contribution in [0.4, 0.5) is 10.1 Å². The quantitative estimate of drug-likeness (QED) is 0.311. The zero-order valence-corrected chi connectivity index (χ0v) is 21.9. The summed E-state index contributed by atoms with van der Waals surface area (Å²) in [6, 6.07) is 10.1. The van der Waals surface area contributed by atoms with E-state index in [4.69, 9.17) is 0 Å². The van der Waals surface area contributed by atoms with Crippen molar-refractivity contribution in [2.75, 3.05) is 17.8 Å². The van der Waals surface area contributed by atoms with E-state index >= 15 is 0 Å². The summed E-state index contributed by atoms with van der Waals surface area (Å²) in [6.45, 7) is 9.54. The molecule has 4 nitrogen and oxygen atoms in total. The number of anilines is 1. The van der Waals surface area contributed by atoms with Gasteiger partial charge in [0.1, 0.15) is 5.82 Å². The normalized spacial score (nSPS) is 14.4. The van der Waals surface area contributed by atoms with Gasteiger partial charge in [-0.05, 0) is 66.1 Å². The number of nitrogens with zero attached hydrogens (tertiary/aromatic N) is 1. The topological polar surface area (TPSA) is 49.4 Å². The van der Waals surface area contributed by atoms with Gasteiger partial charge in [-0.1, -0.05) is 71.4 Å². The monoisotopic (exact) mass is 488 g/mol. The van der Waals surface area contributed by atoms with Gasteiger partial charge >= 0.3 is 0 Å². The number of fused-ring (bicyclic) bond motifs is 1. The summed E-state index contributed by atoms with van der Waals surface area (Å²) in [5.41, 5.74) is 3.17. The van der Waals surface area contributed by atoms with Crippen LogP contribution in [0.3, 0.4) is 0 Å². The van der Waals surface area contributed by atoms with E-state index < -0.39 is 15.8 Å². The molecule has 0 radical (unpaired) electrons. The van der Waals surface area contributed by atoms with E-state index in [0.717, 1.165) is 56.4 Å². The smallest absolute Gasteiger partial charge is 0.261 e. The Hall–Kier alpha value is -1.92. The Morgan fingerprint density at radius 3 is 2.44 bits per heavy atom. The summed E-state index contributed by atoms with van der Waals surface area (Å²) in [5, 5.41) is 0. The van der Waals surface area contributed by atoms with Crippen LogP contribution in [0.5, 0.6) is 0 Å². The van der Waals surface area contributed by atoms with Crippen LogP contribution in [0.25, 0.3) is 0 Å². The molecule has 0 aromatic heterocycles. The second-order valence-corrected chi connectivity index (χ2v) is 11.4. The molecule has 0 unspecified atom stereocenters. The molecule has 1 aliphatic heterocycles. The minimum absolute atomic E-state index is 0.00352. The van der Waals surface area contributed by atoms with Crippen LogP contribution >= 0.6 is 0 Å². The summed E-state index contributed by atoms with van der Waals surface area (Å²) in [5.74, 6) is 0.178. The van der Waals surface area contributed by atoms with E-state index in [0.29, 0.717) is 5.92 Å². The molecular formula is C28H41FN2O2S. The molecule has 188 valence electrons. The summed E-state index contributed by atoms with van der Waals surface area (Å²) >= 11 is 0. The highest BCUT2D eigenvalue weighted by molar-refractivity contribution is 7.92. The Kier molecular flexibility index (Phi) is 9.96. The minimum atomic E-state index is -3.85. The third-order valence-corrected chi connectivity index (χ3v) is 8.46. The molecule has 0 spiro atoms. The van der Waals surface area contributed by atoms with Gasteiger partial charge in [0.25, 0.3) is 10.0 Å². The zero-order valence-electron chi connectivity index (χ0n) is 21.1. The number of benzene rings is 2. The lowest BCUT2D eigenvalue weighted by molar-refractivity contribution is 0.207. The van der Waals surface area contributed by atoms with Crippen molar-refractivity contribution in [1.82, 2.24) is 4.90 Å². The van der Waals surface area contributed by atoms with Gasteiger partial charge in [0.05, 0.1) is 10.6 Å². The maximum absolute atomic E-state index is 14.7. The van der Waals surface area contributed by atoms with Gasteiger partial charge in [0, 0.05) is 19.6 Å². The standard InChI is InChI=1S/C28H41FN2O2S/c1-4-7-8-9-10-11-23-12-15-28(27(29)18-23)30-34(32,33)26-14-13-25-21-31(17-16-24(25)19-26)20-22(5-2)6-3/h12-15,18-19,22,30H,4-11,16-17,20-21H2,1-3H3. The van der Waals surface area contributed by atoms with Gasteiger partial charge in [-0.3, -0.25) is 9.62 Å². The summed E-state index contributed by atoms with van der Waals surface area (Å²) in [6.07, 6.45) is 9.80. The average Bonchev–Trinajstić information content (AvgIpc) is 2.83. The first-order valence-corrected chi connectivity index (χ1v) is 14.5. The molecule has 34 heavy (non-hydrogen) atoms. The van der Waals surface area contributed by atoms with Gasteiger partial charge in [0.15, 0.2) is 0 Å². The molecule has 1 aliphatic rings. The highest BCUT2D eigenvalue weighted by Gasteiger charge is 2.22. The van der Waals surface area contributed by atoms with Crippen LogP contribution in [-0.4, -0.2) is 26.4 Å². The number of unbranched alkanes of at least 4 members (excludes halogenated alkanes) is 4. The molecule has 1 heterocycles. The van der Waals surface area contributed by atoms with Crippen molar-refractivity contribution < 1.29 is 12.8 Å². The Labute approximate surface area is 206 Å². The van der Waals surface area contributed by atoms with E-state index in [9.17, 15) is 12.8 Å². The van der Waals surface area contributed by atoms with Crippen LogP contribution < -0.4 is 4.72 Å². The fraction of sp³-hybridized carbons (Fsp3) is 0.571. The number of rotatable bonds is 13. The number of nitrogens with one attached hydrogen (secondary N) is 1. The first-order valence-electron chi connectivity index (χ1n) is 13.0. The van der Waals surface area contributed by atoms with Gasteiger partial charge in [-0.2, -0.15) is 0 Å². The van der Waals surface area contributed by atoms with Crippen LogP contribution in [0.2, 0.25) is 0 Å². The summed E-state index contributed by atoms with van der Waals surface area (Å²) in [4.78, 5) is 2.66. The van der Waals surface area contributed by atoms with Crippen molar-refractivity contribution in [3.8, 4) is 0 Å². The Balaban J connectivity index is 1.63. The van der Waals surface area contributed by atoms with Crippen molar-refractivity contribution in [3.63, 3.8) is 0 Å². The third-order valence-electron chi connectivity index (χ3n) is 7.10. The van der Waals surface area contributed by atoms with Gasteiger partial charge < -0.3 is 0 Å². The number of hydrogen-bond acceptors (Lipinski definition) is 3. The third kappa shape index (κ3) is 7.29. The predicted octanol–water partition coefficient (Wildman–Crippen LogP) is 6.93. The number of hydrogen-bond donors (Lipinski definition) is 1. The van der Waals surface area contributed by atoms with E-state index in [2.05, 4.69) is 30.4 Å². The van der Waals surface area contributed by atoms with Gasteiger partial charge in [-0.25, -0.2) is 12.8 Å². The summed E-state index contributed by atoms with van der Waals surface area (Å²) in [7, 11) is -3.85. The summed E-state index contributed by atoms with van der Waals surface area (Å²) < 4.78 is 43.1. The molecular weight excluding hydrogens is 447 g/mol. The lowest BCUT2D eigenvalue weighted by Gasteiger charge is -2.31. The van der Waals surface area contributed by atoms with E-state index in [1.54, 1.807) is 18.2 Å². The second-order valence-electron chi connectivity index (χ2n) is 9.68. The predicted molar refractivity (Wildman–Crippen MR) is 139 cm³/mol. The number of aryl methyl sites for hydroxylation is 1. The molecule has 0 aliphatic carbocycles. The first kappa shape index (κ1) is 26.7. The largest absolute Gasteiger partial charge is 0.298 e. The van der Waals surface area contributed by atoms with E-state index in [1.165, 1.54) is 43.7 Å². The molecule has 2 aromatic carbocycles. The second kappa shape index (κ2) is 12.7. The highest BCUT2D eigenvalue weighted by Crippen LogP contribution is 2.26. The van der Waals surface area contributed by atoms with Crippen LogP contribution in [0.15, 0.2) is 41.3 Å². The van der Waals surface area contributed by atoms with Crippen molar-refractivity contribution in [2.24, 2.45) is 5.92 Å². The Morgan fingerprint density at radius 2 is 1.74 bits per heavy atom. The maximum Gasteiger partial charge on any atom is 0.261 e. The molecule has 0 saturated heterocycles. The molecule has 3 rings (SSSR count). The lowest BCUT2D eigenvalue weighted by Crippen LogP contribution is -2.34. The molecule has 1 N–H and O–H groups in total. The van der Waals surface area contributed by atoms with Crippen LogP contribution in [-0.2, 0) is 29.4 Å². The molecule has 0 saturated carbocycles. The molecule has 2 aromatic rings. The molecule has 0 atom stereocenters. The lowest BCUT2D eigenvalue weighted by atomic mass is 9.97. The Morgan fingerprint density at radius 1 is 0.971 bits per heavy atom.